The highest BCUT2D eigenvalue weighted by Gasteiger charge is 2.42. The van der Waals surface area contributed by atoms with Gasteiger partial charge in [-0.2, -0.15) is 0 Å². The van der Waals surface area contributed by atoms with Crippen molar-refractivity contribution in [3.63, 3.8) is 0 Å². The smallest absolute Gasteiger partial charge is 0.240 e. The van der Waals surface area contributed by atoms with Crippen molar-refractivity contribution < 1.29 is 13.2 Å². The molecule has 110 valence electrons. The molecule has 0 spiro atoms. The summed E-state index contributed by atoms with van der Waals surface area (Å²) in [6, 6.07) is 4.85. The summed E-state index contributed by atoms with van der Waals surface area (Å²) in [4.78, 5) is 14.0. The summed E-state index contributed by atoms with van der Waals surface area (Å²) in [7, 11) is -1.80. The third-order valence-electron chi connectivity index (χ3n) is 3.69. The highest BCUT2D eigenvalue weighted by atomic mass is 32.2. The second kappa shape index (κ2) is 4.86. The molecule has 0 fully saturated rings. The zero-order valence-electron chi connectivity index (χ0n) is 12.2. The molecule has 1 aromatic carbocycles. The van der Waals surface area contributed by atoms with Crippen LogP contribution >= 0.6 is 0 Å². The molecule has 1 aromatic rings. The number of likely N-dealkylation sites (N-methyl/N-ethyl adjacent to an activating group) is 1. The summed E-state index contributed by atoms with van der Waals surface area (Å²) >= 11 is 0. The first-order valence-corrected chi connectivity index (χ1v) is 8.12. The van der Waals surface area contributed by atoms with E-state index >= 15 is 0 Å². The summed E-state index contributed by atoms with van der Waals surface area (Å²) in [6.45, 7) is 5.94. The van der Waals surface area contributed by atoms with E-state index < -0.39 is 15.4 Å². The Morgan fingerprint density at radius 2 is 1.95 bits per heavy atom. The fourth-order valence-corrected chi connectivity index (χ4v) is 3.60. The Morgan fingerprint density at radius 3 is 2.55 bits per heavy atom. The van der Waals surface area contributed by atoms with E-state index in [1.165, 1.54) is 0 Å². The molecule has 0 aromatic heterocycles. The van der Waals surface area contributed by atoms with Crippen molar-refractivity contribution >= 4 is 21.6 Å². The Labute approximate surface area is 120 Å². The van der Waals surface area contributed by atoms with E-state index in [4.69, 9.17) is 0 Å². The number of benzene rings is 1. The topological polar surface area (TPSA) is 66.5 Å². The molecule has 0 aliphatic carbocycles. The molecule has 0 unspecified atom stereocenters. The van der Waals surface area contributed by atoms with Crippen molar-refractivity contribution in [2.45, 2.75) is 37.5 Å². The maximum absolute atomic E-state index is 12.2. The highest BCUT2D eigenvalue weighted by molar-refractivity contribution is 7.89. The molecule has 0 saturated heterocycles. The minimum atomic E-state index is -3.51. The van der Waals surface area contributed by atoms with Crippen LogP contribution in [0.5, 0.6) is 0 Å². The standard InChI is InChI=1S/C14H20N2O3S/c1-5-8-15-20(18,19)10-6-7-12-11(9-10)14(2,3)13(17)16(12)4/h6-7,9,15H,5,8H2,1-4H3. The zero-order chi connectivity index (χ0) is 15.1. The molecular formula is C14H20N2O3S. The maximum atomic E-state index is 12.2. The second-order valence-corrected chi connectivity index (χ2v) is 7.33. The van der Waals surface area contributed by atoms with Gasteiger partial charge < -0.3 is 4.90 Å². The van der Waals surface area contributed by atoms with Crippen molar-refractivity contribution in [3.8, 4) is 0 Å². The van der Waals surface area contributed by atoms with E-state index in [9.17, 15) is 13.2 Å². The van der Waals surface area contributed by atoms with Gasteiger partial charge in [0.1, 0.15) is 0 Å². The number of hydrogen-bond donors (Lipinski definition) is 1. The Kier molecular flexibility index (Phi) is 3.64. The van der Waals surface area contributed by atoms with Crippen LogP contribution in [0.1, 0.15) is 32.8 Å². The number of nitrogens with one attached hydrogen (secondary N) is 1. The van der Waals surface area contributed by atoms with Gasteiger partial charge >= 0.3 is 0 Å². The van der Waals surface area contributed by atoms with Crippen LogP contribution in [0.3, 0.4) is 0 Å². The first-order chi connectivity index (χ1) is 9.21. The molecule has 1 N–H and O–H groups in total. The van der Waals surface area contributed by atoms with Crippen LogP contribution in [0, 0.1) is 0 Å². The summed E-state index contributed by atoms with van der Waals surface area (Å²) in [6.07, 6.45) is 0.733. The number of rotatable bonds is 4. The van der Waals surface area contributed by atoms with Gasteiger partial charge in [0.25, 0.3) is 0 Å². The SMILES string of the molecule is CCCNS(=O)(=O)c1ccc2c(c1)C(C)(C)C(=O)N2C. The number of carbonyl (C=O) groups excluding carboxylic acids is 1. The van der Waals surface area contributed by atoms with E-state index in [1.54, 1.807) is 30.1 Å². The van der Waals surface area contributed by atoms with Crippen LogP contribution in [0.4, 0.5) is 5.69 Å². The minimum absolute atomic E-state index is 0.0245. The van der Waals surface area contributed by atoms with E-state index in [-0.39, 0.29) is 10.8 Å². The lowest BCUT2D eigenvalue weighted by molar-refractivity contribution is -0.121. The van der Waals surface area contributed by atoms with Gasteiger partial charge in [-0.05, 0) is 44.0 Å². The molecule has 0 atom stereocenters. The van der Waals surface area contributed by atoms with Crippen LogP contribution in [0.25, 0.3) is 0 Å². The van der Waals surface area contributed by atoms with Gasteiger partial charge in [-0.1, -0.05) is 6.92 Å². The number of sulfonamides is 1. The second-order valence-electron chi connectivity index (χ2n) is 5.57. The highest BCUT2D eigenvalue weighted by Crippen LogP contribution is 2.41. The Morgan fingerprint density at radius 1 is 1.30 bits per heavy atom. The zero-order valence-corrected chi connectivity index (χ0v) is 13.0. The van der Waals surface area contributed by atoms with Crippen LogP contribution in [-0.4, -0.2) is 27.9 Å². The third kappa shape index (κ3) is 2.23. The number of anilines is 1. The lowest BCUT2D eigenvalue weighted by atomic mass is 9.86. The average Bonchev–Trinajstić information content (AvgIpc) is 2.58. The molecule has 20 heavy (non-hydrogen) atoms. The van der Waals surface area contributed by atoms with Gasteiger partial charge in [0.15, 0.2) is 0 Å². The van der Waals surface area contributed by atoms with E-state index in [1.807, 2.05) is 20.8 Å². The van der Waals surface area contributed by atoms with Crippen LogP contribution in [0.2, 0.25) is 0 Å². The predicted octanol–water partition coefficient (Wildman–Crippen LogP) is 1.63. The Hall–Kier alpha value is -1.40. The molecule has 1 aliphatic rings. The van der Waals surface area contributed by atoms with Gasteiger partial charge in [-0.3, -0.25) is 4.79 Å². The van der Waals surface area contributed by atoms with Gasteiger partial charge in [-0.15, -0.1) is 0 Å². The van der Waals surface area contributed by atoms with E-state index in [0.29, 0.717) is 6.54 Å². The lowest BCUT2D eigenvalue weighted by Gasteiger charge is -2.16. The number of nitrogens with zero attached hydrogens (tertiary/aromatic N) is 1. The molecule has 0 bridgehead atoms. The third-order valence-corrected chi connectivity index (χ3v) is 5.15. The van der Waals surface area contributed by atoms with Gasteiger partial charge in [0.2, 0.25) is 15.9 Å². The number of amides is 1. The van der Waals surface area contributed by atoms with Crippen molar-refractivity contribution in [2.75, 3.05) is 18.5 Å². The average molecular weight is 296 g/mol. The first-order valence-electron chi connectivity index (χ1n) is 6.64. The van der Waals surface area contributed by atoms with Crippen molar-refractivity contribution in [1.82, 2.24) is 4.72 Å². The summed E-state index contributed by atoms with van der Waals surface area (Å²) in [5.41, 5.74) is 0.833. The normalized spacial score (nSPS) is 17.4. The van der Waals surface area contributed by atoms with E-state index in [0.717, 1.165) is 17.7 Å². The number of hydrogen-bond acceptors (Lipinski definition) is 3. The monoisotopic (exact) mass is 296 g/mol. The van der Waals surface area contributed by atoms with Crippen molar-refractivity contribution in [3.05, 3.63) is 23.8 Å². The van der Waals surface area contributed by atoms with E-state index in [2.05, 4.69) is 4.72 Å². The fraction of sp³-hybridized carbons (Fsp3) is 0.500. The number of carbonyl (C=O) groups is 1. The molecule has 1 amide bonds. The van der Waals surface area contributed by atoms with Gasteiger partial charge in [-0.25, -0.2) is 13.1 Å². The van der Waals surface area contributed by atoms with Crippen LogP contribution in [-0.2, 0) is 20.2 Å². The number of fused-ring (bicyclic) bond motifs is 1. The van der Waals surface area contributed by atoms with Crippen molar-refractivity contribution in [1.29, 1.82) is 0 Å². The maximum Gasteiger partial charge on any atom is 0.240 e. The molecular weight excluding hydrogens is 276 g/mol. The minimum Gasteiger partial charge on any atom is -0.314 e. The summed E-state index contributed by atoms with van der Waals surface area (Å²) < 4.78 is 26.9. The molecule has 6 heteroatoms. The van der Waals surface area contributed by atoms with Gasteiger partial charge in [0, 0.05) is 19.3 Å². The lowest BCUT2D eigenvalue weighted by Crippen LogP contribution is -2.33. The Bertz CT molecular complexity index is 650. The summed E-state index contributed by atoms with van der Waals surface area (Å²) in [5.74, 6) is -0.0245. The van der Waals surface area contributed by atoms with Crippen molar-refractivity contribution in [2.24, 2.45) is 0 Å². The molecule has 2 rings (SSSR count). The predicted molar refractivity (Wildman–Crippen MR) is 78.4 cm³/mol. The molecule has 1 aliphatic heterocycles. The first kappa shape index (κ1) is 15.0. The largest absolute Gasteiger partial charge is 0.314 e. The Balaban J connectivity index is 2.49. The van der Waals surface area contributed by atoms with Gasteiger partial charge in [0.05, 0.1) is 10.3 Å². The molecule has 0 saturated carbocycles. The molecule has 1 heterocycles. The fourth-order valence-electron chi connectivity index (χ4n) is 2.44. The van der Waals surface area contributed by atoms with Crippen LogP contribution < -0.4 is 9.62 Å². The molecule has 5 nitrogen and oxygen atoms in total. The molecule has 0 radical (unpaired) electrons. The summed E-state index contributed by atoms with van der Waals surface area (Å²) in [5, 5.41) is 0. The van der Waals surface area contributed by atoms with Crippen LogP contribution in [0.15, 0.2) is 23.1 Å². The quantitative estimate of drug-likeness (QED) is 0.918.